The standard InChI is InChI=1S/C22H27N5O/c23-15-17-4-5-18-7-12-27(16-19(18)14-17)13-10-22(8-2-1-3-9-22)25-21(28)20-6-11-24-26-20/h4-6,11,14H,1-3,7-10,12-13,16H2,(H,24,26)(H,25,28). The molecule has 2 N–H and O–H groups in total. The molecule has 2 aromatic rings. The number of carbonyl (C=O) groups excluding carboxylic acids is 1. The number of hydrogen-bond acceptors (Lipinski definition) is 4. The molecule has 0 radical (unpaired) electrons. The van der Waals surface area contributed by atoms with E-state index in [1.54, 1.807) is 12.3 Å². The highest BCUT2D eigenvalue weighted by Gasteiger charge is 2.34. The molecular formula is C22H27N5O. The minimum atomic E-state index is -0.130. The molecule has 0 saturated heterocycles. The van der Waals surface area contributed by atoms with Crippen LogP contribution < -0.4 is 5.32 Å². The number of nitrogens with zero attached hydrogens (tertiary/aromatic N) is 3. The molecule has 28 heavy (non-hydrogen) atoms. The first-order valence-corrected chi connectivity index (χ1v) is 10.2. The zero-order chi connectivity index (χ0) is 19.4. The number of hydrogen-bond donors (Lipinski definition) is 2. The van der Waals surface area contributed by atoms with Crippen LogP contribution in [0.1, 0.15) is 65.7 Å². The van der Waals surface area contributed by atoms with E-state index in [4.69, 9.17) is 5.26 Å². The summed E-state index contributed by atoms with van der Waals surface area (Å²) in [6, 6.07) is 10.00. The molecule has 1 aliphatic carbocycles. The van der Waals surface area contributed by atoms with E-state index in [-0.39, 0.29) is 11.4 Å². The van der Waals surface area contributed by atoms with E-state index in [9.17, 15) is 4.79 Å². The van der Waals surface area contributed by atoms with Gasteiger partial charge >= 0.3 is 0 Å². The van der Waals surface area contributed by atoms with Crippen molar-refractivity contribution < 1.29 is 4.79 Å². The topological polar surface area (TPSA) is 84.8 Å². The van der Waals surface area contributed by atoms with Crippen LogP contribution in [0.15, 0.2) is 30.5 Å². The minimum Gasteiger partial charge on any atom is -0.345 e. The molecule has 1 amide bonds. The molecule has 2 aliphatic rings. The van der Waals surface area contributed by atoms with Crippen LogP contribution in [0.2, 0.25) is 0 Å². The highest BCUT2D eigenvalue weighted by Crippen LogP contribution is 2.32. The van der Waals surface area contributed by atoms with Gasteiger partial charge in [0, 0.05) is 31.4 Å². The Morgan fingerprint density at radius 3 is 2.86 bits per heavy atom. The van der Waals surface area contributed by atoms with E-state index >= 15 is 0 Å². The summed E-state index contributed by atoms with van der Waals surface area (Å²) in [7, 11) is 0. The van der Waals surface area contributed by atoms with E-state index in [1.807, 2.05) is 12.1 Å². The highest BCUT2D eigenvalue weighted by atomic mass is 16.2. The number of benzene rings is 1. The molecular weight excluding hydrogens is 350 g/mol. The second-order valence-electron chi connectivity index (χ2n) is 8.14. The van der Waals surface area contributed by atoms with Gasteiger partial charge in [0.1, 0.15) is 5.69 Å². The fourth-order valence-corrected chi connectivity index (χ4v) is 4.60. The monoisotopic (exact) mass is 377 g/mol. The van der Waals surface area contributed by atoms with Gasteiger partial charge in [0.25, 0.3) is 5.91 Å². The summed E-state index contributed by atoms with van der Waals surface area (Å²) >= 11 is 0. The Morgan fingerprint density at radius 2 is 2.11 bits per heavy atom. The summed E-state index contributed by atoms with van der Waals surface area (Å²) < 4.78 is 0. The maximum Gasteiger partial charge on any atom is 0.269 e. The maximum atomic E-state index is 12.6. The Labute approximate surface area is 165 Å². The molecule has 0 bridgehead atoms. The van der Waals surface area contributed by atoms with Crippen LogP contribution >= 0.6 is 0 Å². The number of nitrogens with one attached hydrogen (secondary N) is 2. The van der Waals surface area contributed by atoms with Crippen molar-refractivity contribution >= 4 is 5.91 Å². The number of amides is 1. The molecule has 146 valence electrons. The van der Waals surface area contributed by atoms with Crippen LogP contribution in [0.4, 0.5) is 0 Å². The summed E-state index contributed by atoms with van der Waals surface area (Å²) in [6.45, 7) is 2.87. The van der Waals surface area contributed by atoms with Gasteiger partial charge in [0.15, 0.2) is 0 Å². The lowest BCUT2D eigenvalue weighted by atomic mass is 9.79. The van der Waals surface area contributed by atoms with Gasteiger partial charge in [-0.2, -0.15) is 10.4 Å². The Kier molecular flexibility index (Phi) is 5.45. The van der Waals surface area contributed by atoms with E-state index in [1.165, 1.54) is 17.5 Å². The summed E-state index contributed by atoms with van der Waals surface area (Å²) in [5.74, 6) is -0.0537. The van der Waals surface area contributed by atoms with Gasteiger partial charge in [-0.05, 0) is 55.0 Å². The fourth-order valence-electron chi connectivity index (χ4n) is 4.60. The molecule has 6 nitrogen and oxygen atoms in total. The predicted octanol–water partition coefficient (Wildman–Crippen LogP) is 3.16. The lowest BCUT2D eigenvalue weighted by Gasteiger charge is -2.40. The summed E-state index contributed by atoms with van der Waals surface area (Å²) in [4.78, 5) is 15.1. The van der Waals surface area contributed by atoms with Gasteiger partial charge in [-0.15, -0.1) is 0 Å². The lowest BCUT2D eigenvalue weighted by molar-refractivity contribution is 0.0835. The Bertz CT molecular complexity index is 862. The number of fused-ring (bicyclic) bond motifs is 1. The number of H-pyrrole nitrogens is 1. The van der Waals surface area contributed by atoms with Gasteiger partial charge in [0.2, 0.25) is 0 Å². The van der Waals surface area contributed by atoms with E-state index in [0.717, 1.165) is 63.7 Å². The third kappa shape index (κ3) is 4.10. The van der Waals surface area contributed by atoms with Crippen molar-refractivity contribution in [3.8, 4) is 6.07 Å². The largest absolute Gasteiger partial charge is 0.345 e. The Morgan fingerprint density at radius 1 is 1.25 bits per heavy atom. The van der Waals surface area contributed by atoms with Gasteiger partial charge in [-0.3, -0.25) is 14.8 Å². The Hall–Kier alpha value is -2.65. The molecule has 1 aromatic heterocycles. The smallest absolute Gasteiger partial charge is 0.269 e. The van der Waals surface area contributed by atoms with Crippen LogP contribution in [-0.2, 0) is 13.0 Å². The molecule has 0 spiro atoms. The van der Waals surface area contributed by atoms with E-state index in [0.29, 0.717) is 5.69 Å². The Balaban J connectivity index is 1.42. The molecule has 1 aliphatic heterocycles. The SMILES string of the molecule is N#Cc1ccc2c(c1)CN(CCC1(NC(=O)c3ccn[nH]3)CCCCC1)CC2. The quantitative estimate of drug-likeness (QED) is 0.838. The van der Waals surface area contributed by atoms with Crippen molar-refractivity contribution in [2.24, 2.45) is 0 Å². The van der Waals surface area contributed by atoms with E-state index < -0.39 is 0 Å². The van der Waals surface area contributed by atoms with E-state index in [2.05, 4.69) is 32.5 Å². The molecule has 4 rings (SSSR count). The van der Waals surface area contributed by atoms with Gasteiger partial charge in [-0.1, -0.05) is 25.3 Å². The van der Waals surface area contributed by atoms with Crippen molar-refractivity contribution in [1.82, 2.24) is 20.4 Å². The summed E-state index contributed by atoms with van der Waals surface area (Å²) in [5.41, 5.74) is 3.76. The van der Waals surface area contributed by atoms with Crippen LogP contribution in [0.3, 0.4) is 0 Å². The van der Waals surface area contributed by atoms with Crippen molar-refractivity contribution in [3.05, 3.63) is 52.8 Å². The van der Waals surface area contributed by atoms with Crippen molar-refractivity contribution in [2.45, 2.75) is 57.0 Å². The van der Waals surface area contributed by atoms with Crippen molar-refractivity contribution in [3.63, 3.8) is 0 Å². The maximum absolute atomic E-state index is 12.6. The van der Waals surface area contributed by atoms with Crippen LogP contribution in [0, 0.1) is 11.3 Å². The first-order valence-electron chi connectivity index (χ1n) is 10.2. The number of rotatable bonds is 5. The zero-order valence-electron chi connectivity index (χ0n) is 16.2. The minimum absolute atomic E-state index is 0.0537. The first kappa shape index (κ1) is 18.7. The number of carbonyl (C=O) groups is 1. The number of aromatic amines is 1. The average Bonchev–Trinajstić information content (AvgIpc) is 3.27. The highest BCUT2D eigenvalue weighted by molar-refractivity contribution is 5.92. The van der Waals surface area contributed by atoms with Crippen LogP contribution in [-0.4, -0.2) is 39.6 Å². The van der Waals surface area contributed by atoms with Crippen molar-refractivity contribution in [1.29, 1.82) is 5.26 Å². The molecule has 1 saturated carbocycles. The molecule has 1 aromatic carbocycles. The molecule has 0 atom stereocenters. The second-order valence-corrected chi connectivity index (χ2v) is 8.14. The van der Waals surface area contributed by atoms with Crippen LogP contribution in [0.25, 0.3) is 0 Å². The first-order chi connectivity index (χ1) is 13.7. The third-order valence-corrected chi connectivity index (χ3v) is 6.27. The fraction of sp³-hybridized carbons (Fsp3) is 0.500. The molecule has 1 fully saturated rings. The normalized spacial score (nSPS) is 18.8. The van der Waals surface area contributed by atoms with Crippen LogP contribution in [0.5, 0.6) is 0 Å². The number of aromatic nitrogens is 2. The zero-order valence-corrected chi connectivity index (χ0v) is 16.2. The lowest BCUT2D eigenvalue weighted by Crippen LogP contribution is -2.51. The molecule has 0 unspecified atom stereocenters. The van der Waals surface area contributed by atoms with Crippen molar-refractivity contribution in [2.75, 3.05) is 13.1 Å². The average molecular weight is 377 g/mol. The van der Waals surface area contributed by atoms with Gasteiger partial charge < -0.3 is 5.32 Å². The van der Waals surface area contributed by atoms with Gasteiger partial charge in [0.05, 0.1) is 11.6 Å². The number of nitriles is 1. The molecule has 6 heteroatoms. The van der Waals surface area contributed by atoms with Gasteiger partial charge in [-0.25, -0.2) is 0 Å². The summed E-state index contributed by atoms with van der Waals surface area (Å²) in [6.07, 6.45) is 9.24. The third-order valence-electron chi connectivity index (χ3n) is 6.27. The second kappa shape index (κ2) is 8.15. The molecule has 2 heterocycles. The summed E-state index contributed by atoms with van der Waals surface area (Å²) in [5, 5.41) is 19.2. The predicted molar refractivity (Wildman–Crippen MR) is 107 cm³/mol.